The topological polar surface area (TPSA) is 77.2 Å². The van der Waals surface area contributed by atoms with Crippen LogP contribution in [-0.4, -0.2) is 47.1 Å². The molecule has 1 fully saturated rings. The lowest BCUT2D eigenvalue weighted by atomic mass is 9.98. The first-order valence-corrected chi connectivity index (χ1v) is 7.94. The molecule has 1 saturated heterocycles. The van der Waals surface area contributed by atoms with Gasteiger partial charge in [-0.15, -0.1) is 10.2 Å². The molecule has 8 heteroatoms. The molecule has 1 aliphatic rings. The van der Waals surface area contributed by atoms with Crippen molar-refractivity contribution in [3.63, 3.8) is 0 Å². The Kier molecular flexibility index (Phi) is 4.45. The number of ether oxygens (including phenoxy) is 1. The highest BCUT2D eigenvalue weighted by Gasteiger charge is 2.27. The maximum Gasteiger partial charge on any atom is 0.231 e. The van der Waals surface area contributed by atoms with Crippen molar-refractivity contribution < 1.29 is 9.26 Å². The molecule has 114 valence electrons. The zero-order chi connectivity index (χ0) is 14.7. The van der Waals surface area contributed by atoms with Gasteiger partial charge in [0.25, 0.3) is 0 Å². The highest BCUT2D eigenvalue weighted by molar-refractivity contribution is 7.15. The number of hydrogen-bond acceptors (Lipinski definition) is 8. The smallest absolute Gasteiger partial charge is 0.231 e. The van der Waals surface area contributed by atoms with E-state index >= 15 is 0 Å². The molecule has 2 aromatic rings. The summed E-state index contributed by atoms with van der Waals surface area (Å²) in [5.41, 5.74) is 0. The van der Waals surface area contributed by atoms with Gasteiger partial charge in [-0.2, -0.15) is 4.98 Å². The summed E-state index contributed by atoms with van der Waals surface area (Å²) in [4.78, 5) is 6.75. The van der Waals surface area contributed by atoms with Crippen molar-refractivity contribution in [1.29, 1.82) is 0 Å². The van der Waals surface area contributed by atoms with E-state index in [1.54, 1.807) is 18.4 Å². The van der Waals surface area contributed by atoms with Crippen molar-refractivity contribution in [2.45, 2.75) is 32.1 Å². The summed E-state index contributed by atoms with van der Waals surface area (Å²) < 4.78 is 10.4. The second-order valence-corrected chi connectivity index (χ2v) is 6.34. The molecule has 1 atom stereocenters. The van der Waals surface area contributed by atoms with Crippen molar-refractivity contribution >= 4 is 16.5 Å². The monoisotopic (exact) mass is 309 g/mol. The Balaban J connectivity index is 1.66. The summed E-state index contributed by atoms with van der Waals surface area (Å²) in [6, 6.07) is 0. The molecule has 0 spiro atoms. The average Bonchev–Trinajstić information content (AvgIpc) is 3.14. The van der Waals surface area contributed by atoms with E-state index in [4.69, 9.17) is 9.26 Å². The molecule has 7 nitrogen and oxygen atoms in total. The fourth-order valence-corrected chi connectivity index (χ4v) is 3.22. The highest BCUT2D eigenvalue weighted by Crippen LogP contribution is 2.30. The molecule has 0 aromatic carbocycles. The fraction of sp³-hybridized carbons (Fsp3) is 0.692. The molecular weight excluding hydrogens is 290 g/mol. The minimum Gasteiger partial charge on any atom is -0.384 e. The molecule has 0 saturated carbocycles. The summed E-state index contributed by atoms with van der Waals surface area (Å²) in [7, 11) is 1.67. The van der Waals surface area contributed by atoms with Crippen LogP contribution < -0.4 is 4.90 Å². The number of nitrogens with zero attached hydrogens (tertiary/aromatic N) is 5. The van der Waals surface area contributed by atoms with E-state index < -0.39 is 0 Å². The van der Waals surface area contributed by atoms with Gasteiger partial charge in [-0.1, -0.05) is 16.5 Å². The molecule has 3 heterocycles. The number of hydrogen-bond donors (Lipinski definition) is 0. The van der Waals surface area contributed by atoms with Crippen LogP contribution in [0, 0.1) is 6.92 Å². The highest BCUT2D eigenvalue weighted by atomic mass is 32.1. The van der Waals surface area contributed by atoms with E-state index in [2.05, 4.69) is 25.2 Å². The van der Waals surface area contributed by atoms with Crippen LogP contribution in [0.3, 0.4) is 0 Å². The molecular formula is C13H19N5O2S. The van der Waals surface area contributed by atoms with Gasteiger partial charge in [0.15, 0.2) is 5.82 Å². The third-order valence-corrected chi connectivity index (χ3v) is 4.47. The van der Waals surface area contributed by atoms with Gasteiger partial charge in [-0.05, 0) is 19.8 Å². The molecule has 2 aromatic heterocycles. The lowest BCUT2D eigenvalue weighted by molar-refractivity contribution is 0.199. The number of rotatable bonds is 5. The zero-order valence-corrected chi connectivity index (χ0v) is 13.1. The first-order valence-electron chi connectivity index (χ1n) is 7.12. The van der Waals surface area contributed by atoms with Gasteiger partial charge in [0.1, 0.15) is 5.01 Å². The predicted octanol–water partition coefficient (Wildman–Crippen LogP) is 1.80. The fourth-order valence-electron chi connectivity index (χ4n) is 2.49. The molecule has 0 bridgehead atoms. The lowest BCUT2D eigenvalue weighted by Gasteiger charge is -2.30. The van der Waals surface area contributed by atoms with Gasteiger partial charge in [0, 0.05) is 26.6 Å². The van der Waals surface area contributed by atoms with E-state index in [1.807, 2.05) is 6.92 Å². The maximum atomic E-state index is 5.41. The van der Waals surface area contributed by atoms with Crippen LogP contribution in [0.25, 0.3) is 0 Å². The van der Waals surface area contributed by atoms with Crippen molar-refractivity contribution in [2.24, 2.45) is 0 Å². The number of piperidine rings is 1. The molecule has 0 unspecified atom stereocenters. The molecule has 0 aliphatic carbocycles. The Labute approximate surface area is 127 Å². The lowest BCUT2D eigenvalue weighted by Crippen LogP contribution is -2.34. The summed E-state index contributed by atoms with van der Waals surface area (Å²) in [6.07, 6.45) is 2.85. The summed E-state index contributed by atoms with van der Waals surface area (Å²) in [5, 5.41) is 14.3. The molecule has 3 rings (SSSR count). The molecule has 1 aliphatic heterocycles. The van der Waals surface area contributed by atoms with Gasteiger partial charge in [-0.3, -0.25) is 0 Å². The standard InChI is InChI=1S/C13H19N5O2S/c1-9-15-16-13(21-9)18-6-3-4-10(8-18)12-14-11(17-20-12)5-7-19-2/h10H,3-8H2,1-2H3/t10-/m1/s1. The Bertz CT molecular complexity index is 585. The van der Waals surface area contributed by atoms with Gasteiger partial charge in [0.2, 0.25) is 11.0 Å². The molecule has 0 N–H and O–H groups in total. The van der Waals surface area contributed by atoms with Crippen LogP contribution in [0.2, 0.25) is 0 Å². The Morgan fingerprint density at radius 2 is 2.33 bits per heavy atom. The number of anilines is 1. The minimum absolute atomic E-state index is 0.270. The van der Waals surface area contributed by atoms with Crippen LogP contribution in [0.15, 0.2) is 4.52 Å². The largest absolute Gasteiger partial charge is 0.384 e. The Morgan fingerprint density at radius 3 is 3.10 bits per heavy atom. The third kappa shape index (κ3) is 3.38. The Morgan fingerprint density at radius 1 is 1.43 bits per heavy atom. The van der Waals surface area contributed by atoms with Crippen LogP contribution in [0.4, 0.5) is 5.13 Å². The summed E-state index contributed by atoms with van der Waals surface area (Å²) in [5.74, 6) is 1.72. The SMILES string of the molecule is COCCc1noc([C@@H]2CCCN(c3nnc(C)s3)C2)n1. The van der Waals surface area contributed by atoms with E-state index in [9.17, 15) is 0 Å². The first kappa shape index (κ1) is 14.4. The molecule has 0 radical (unpaired) electrons. The van der Waals surface area contributed by atoms with E-state index in [0.29, 0.717) is 13.0 Å². The van der Waals surface area contributed by atoms with Crippen LogP contribution in [0.5, 0.6) is 0 Å². The normalized spacial score (nSPS) is 19.1. The van der Waals surface area contributed by atoms with Gasteiger partial charge in [-0.25, -0.2) is 0 Å². The van der Waals surface area contributed by atoms with Gasteiger partial charge < -0.3 is 14.2 Å². The summed E-state index contributed by atoms with van der Waals surface area (Å²) >= 11 is 1.63. The van der Waals surface area contributed by atoms with Gasteiger partial charge >= 0.3 is 0 Å². The summed E-state index contributed by atoms with van der Waals surface area (Å²) in [6.45, 7) is 4.46. The van der Waals surface area contributed by atoms with Crippen LogP contribution in [0.1, 0.15) is 35.5 Å². The molecule has 0 amide bonds. The second kappa shape index (κ2) is 6.48. The second-order valence-electron chi connectivity index (χ2n) is 5.18. The number of aromatic nitrogens is 4. The van der Waals surface area contributed by atoms with Crippen LogP contribution >= 0.6 is 11.3 Å². The van der Waals surface area contributed by atoms with E-state index in [0.717, 1.165) is 47.8 Å². The van der Waals surface area contributed by atoms with Crippen molar-refractivity contribution in [3.05, 3.63) is 16.7 Å². The zero-order valence-electron chi connectivity index (χ0n) is 12.3. The minimum atomic E-state index is 0.270. The van der Waals surface area contributed by atoms with Gasteiger partial charge in [0.05, 0.1) is 12.5 Å². The first-order chi connectivity index (χ1) is 10.3. The third-order valence-electron chi connectivity index (χ3n) is 3.57. The van der Waals surface area contributed by atoms with Crippen molar-refractivity contribution in [3.8, 4) is 0 Å². The predicted molar refractivity (Wildman–Crippen MR) is 78.7 cm³/mol. The Hall–Kier alpha value is -1.54. The van der Waals surface area contributed by atoms with E-state index in [1.165, 1.54) is 0 Å². The maximum absolute atomic E-state index is 5.41. The van der Waals surface area contributed by atoms with Crippen molar-refractivity contribution in [2.75, 3.05) is 31.7 Å². The quantitative estimate of drug-likeness (QED) is 0.833. The molecule has 21 heavy (non-hydrogen) atoms. The van der Waals surface area contributed by atoms with Crippen molar-refractivity contribution in [1.82, 2.24) is 20.3 Å². The average molecular weight is 309 g/mol. The van der Waals surface area contributed by atoms with Crippen LogP contribution in [-0.2, 0) is 11.2 Å². The number of aryl methyl sites for hydroxylation is 1. The number of methoxy groups -OCH3 is 1. The van der Waals surface area contributed by atoms with E-state index in [-0.39, 0.29) is 5.92 Å².